The maximum Gasteiger partial charge on any atom is 0.312 e. The van der Waals surface area contributed by atoms with Crippen molar-refractivity contribution in [2.24, 2.45) is 5.73 Å². The van der Waals surface area contributed by atoms with Crippen molar-refractivity contribution >= 4 is 40.6 Å². The molecular formula is C18H20N4O3S. The lowest BCUT2D eigenvalue weighted by Gasteiger charge is -2.18. The number of hydrogen-bond donors (Lipinski definition) is 3. The summed E-state index contributed by atoms with van der Waals surface area (Å²) in [6, 6.07) is 9.74. The first-order valence-corrected chi connectivity index (χ1v) is 9.20. The number of rotatable bonds is 6. The number of hydrogen-bond acceptors (Lipinski definition) is 4. The Morgan fingerprint density at radius 3 is 2.77 bits per heavy atom. The fraction of sp³-hybridized carbons (Fsp3) is 0.278. The van der Waals surface area contributed by atoms with Gasteiger partial charge in [-0.05, 0) is 36.1 Å². The molecule has 136 valence electrons. The topological polar surface area (TPSA) is 105 Å². The number of primary amides is 1. The number of thiophene rings is 1. The zero-order valence-corrected chi connectivity index (χ0v) is 14.9. The first-order chi connectivity index (χ1) is 12.5. The van der Waals surface area contributed by atoms with Gasteiger partial charge in [0.2, 0.25) is 11.8 Å². The Morgan fingerprint density at radius 2 is 2.12 bits per heavy atom. The number of benzene rings is 1. The van der Waals surface area contributed by atoms with Crippen LogP contribution in [0.4, 0.5) is 16.2 Å². The average molecular weight is 372 g/mol. The molecule has 1 saturated heterocycles. The molecule has 1 unspecified atom stereocenters. The summed E-state index contributed by atoms with van der Waals surface area (Å²) in [5.74, 6) is -0.154. The van der Waals surface area contributed by atoms with Gasteiger partial charge in [-0.2, -0.15) is 0 Å². The van der Waals surface area contributed by atoms with Crippen molar-refractivity contribution in [3.63, 3.8) is 0 Å². The van der Waals surface area contributed by atoms with Gasteiger partial charge < -0.3 is 21.3 Å². The van der Waals surface area contributed by atoms with Crippen LogP contribution in [-0.2, 0) is 9.59 Å². The zero-order valence-electron chi connectivity index (χ0n) is 14.1. The Hall–Kier alpha value is -2.87. The Kier molecular flexibility index (Phi) is 5.52. The van der Waals surface area contributed by atoms with Crippen LogP contribution in [0.2, 0.25) is 0 Å². The molecule has 2 heterocycles. The second-order valence-corrected chi connectivity index (χ2v) is 7.01. The van der Waals surface area contributed by atoms with E-state index in [1.54, 1.807) is 23.1 Å². The number of urea groups is 1. The van der Waals surface area contributed by atoms with E-state index in [-0.39, 0.29) is 18.2 Å². The molecule has 4 N–H and O–H groups in total. The summed E-state index contributed by atoms with van der Waals surface area (Å²) in [4.78, 5) is 38.1. The third-order valence-electron chi connectivity index (χ3n) is 4.11. The molecule has 2 aromatic rings. The first kappa shape index (κ1) is 17.9. The summed E-state index contributed by atoms with van der Waals surface area (Å²) >= 11 is 1.45. The summed E-state index contributed by atoms with van der Waals surface area (Å²) in [6.45, 7) is 0.694. The van der Waals surface area contributed by atoms with Gasteiger partial charge in [0, 0.05) is 29.2 Å². The van der Waals surface area contributed by atoms with Gasteiger partial charge in [-0.25, -0.2) is 4.79 Å². The fourth-order valence-corrected chi connectivity index (χ4v) is 3.73. The molecule has 0 bridgehead atoms. The Morgan fingerprint density at radius 1 is 1.27 bits per heavy atom. The van der Waals surface area contributed by atoms with Gasteiger partial charge in [0.1, 0.15) is 0 Å². The normalized spacial score (nSPS) is 14.9. The van der Waals surface area contributed by atoms with E-state index in [1.807, 2.05) is 23.6 Å². The minimum absolute atomic E-state index is 0.0658. The number of nitrogens with zero attached hydrogens (tertiary/aromatic N) is 1. The second kappa shape index (κ2) is 8.01. The van der Waals surface area contributed by atoms with Crippen molar-refractivity contribution in [3.8, 4) is 0 Å². The van der Waals surface area contributed by atoms with E-state index < -0.39 is 12.1 Å². The maximum absolute atomic E-state index is 12.4. The van der Waals surface area contributed by atoms with E-state index >= 15 is 0 Å². The monoisotopic (exact) mass is 372 g/mol. The highest BCUT2D eigenvalue weighted by Gasteiger charge is 2.22. The molecule has 3 rings (SSSR count). The van der Waals surface area contributed by atoms with E-state index in [1.165, 1.54) is 11.3 Å². The molecule has 1 atom stereocenters. The number of carbonyl (C=O) groups excluding carboxylic acids is 3. The lowest BCUT2D eigenvalue weighted by atomic mass is 10.1. The Bertz CT molecular complexity index is 807. The maximum atomic E-state index is 12.4. The average Bonchev–Trinajstić information content (AvgIpc) is 3.25. The lowest BCUT2D eigenvalue weighted by Crippen LogP contribution is -2.34. The van der Waals surface area contributed by atoms with Crippen LogP contribution in [0.15, 0.2) is 41.8 Å². The molecule has 0 aliphatic carbocycles. The van der Waals surface area contributed by atoms with Crippen molar-refractivity contribution in [2.45, 2.75) is 25.3 Å². The second-order valence-electron chi connectivity index (χ2n) is 6.03. The molecule has 0 saturated carbocycles. The molecule has 1 aromatic carbocycles. The van der Waals surface area contributed by atoms with Gasteiger partial charge in [0.05, 0.1) is 12.5 Å². The number of anilines is 2. The van der Waals surface area contributed by atoms with Crippen molar-refractivity contribution < 1.29 is 14.4 Å². The van der Waals surface area contributed by atoms with Gasteiger partial charge in [0.25, 0.3) is 0 Å². The first-order valence-electron chi connectivity index (χ1n) is 8.32. The van der Waals surface area contributed by atoms with Crippen LogP contribution in [0.1, 0.15) is 30.2 Å². The van der Waals surface area contributed by atoms with Gasteiger partial charge in [-0.1, -0.05) is 12.1 Å². The fourth-order valence-electron chi connectivity index (χ4n) is 2.95. The number of nitrogens with one attached hydrogen (secondary N) is 2. The van der Waals surface area contributed by atoms with Gasteiger partial charge in [0.15, 0.2) is 0 Å². The minimum Gasteiger partial charge on any atom is -0.352 e. The van der Waals surface area contributed by atoms with Gasteiger partial charge in [-0.3, -0.25) is 9.59 Å². The lowest BCUT2D eigenvalue weighted by molar-refractivity contribution is -0.117. The molecule has 26 heavy (non-hydrogen) atoms. The van der Waals surface area contributed by atoms with Crippen molar-refractivity contribution in [3.05, 3.63) is 46.7 Å². The van der Waals surface area contributed by atoms with Crippen LogP contribution in [0.3, 0.4) is 0 Å². The Balaban J connectivity index is 1.67. The minimum atomic E-state index is -0.675. The molecule has 0 radical (unpaired) electrons. The molecule has 1 aliphatic heterocycles. The van der Waals surface area contributed by atoms with Crippen LogP contribution in [0, 0.1) is 0 Å². The van der Waals surface area contributed by atoms with Crippen LogP contribution < -0.4 is 21.3 Å². The third kappa shape index (κ3) is 4.40. The summed E-state index contributed by atoms with van der Waals surface area (Å²) in [7, 11) is 0. The highest BCUT2D eigenvalue weighted by molar-refractivity contribution is 7.10. The van der Waals surface area contributed by atoms with Crippen LogP contribution >= 0.6 is 11.3 Å². The molecule has 1 fully saturated rings. The standard InChI is InChI=1S/C18H20N4O3S/c19-18(25)21-14(15-6-3-9-26-15)11-16(23)20-12-4-1-5-13(10-12)22-8-2-7-17(22)24/h1,3-6,9-10,14H,2,7-8,11H2,(H,20,23)(H3,19,21,25). The van der Waals surface area contributed by atoms with Crippen LogP contribution in [-0.4, -0.2) is 24.4 Å². The van der Waals surface area contributed by atoms with Gasteiger partial charge in [-0.15, -0.1) is 11.3 Å². The number of carbonyl (C=O) groups is 3. The molecule has 7 nitrogen and oxygen atoms in total. The zero-order chi connectivity index (χ0) is 18.5. The van der Waals surface area contributed by atoms with Crippen molar-refractivity contribution in [1.29, 1.82) is 0 Å². The molecule has 8 heteroatoms. The predicted molar refractivity (Wildman–Crippen MR) is 101 cm³/mol. The van der Waals surface area contributed by atoms with E-state index in [0.29, 0.717) is 18.7 Å². The molecule has 1 aromatic heterocycles. The summed E-state index contributed by atoms with van der Waals surface area (Å²) in [5.41, 5.74) is 6.60. The highest BCUT2D eigenvalue weighted by Crippen LogP contribution is 2.26. The number of nitrogens with two attached hydrogens (primary N) is 1. The van der Waals surface area contributed by atoms with E-state index in [4.69, 9.17) is 5.73 Å². The van der Waals surface area contributed by atoms with Gasteiger partial charge >= 0.3 is 6.03 Å². The summed E-state index contributed by atoms with van der Waals surface area (Å²) in [5, 5.41) is 7.29. The third-order valence-corrected chi connectivity index (χ3v) is 5.09. The van der Waals surface area contributed by atoms with Crippen LogP contribution in [0.25, 0.3) is 0 Å². The molecular weight excluding hydrogens is 352 g/mol. The smallest absolute Gasteiger partial charge is 0.312 e. The van der Waals surface area contributed by atoms with Crippen molar-refractivity contribution in [2.75, 3.05) is 16.8 Å². The quantitative estimate of drug-likeness (QED) is 0.726. The molecule has 1 aliphatic rings. The van der Waals surface area contributed by atoms with E-state index in [0.717, 1.165) is 17.0 Å². The largest absolute Gasteiger partial charge is 0.352 e. The Labute approximate surface area is 155 Å². The predicted octanol–water partition coefficient (Wildman–Crippen LogP) is 2.61. The molecule has 4 amide bonds. The van der Waals surface area contributed by atoms with Crippen molar-refractivity contribution in [1.82, 2.24) is 5.32 Å². The van der Waals surface area contributed by atoms with E-state index in [9.17, 15) is 14.4 Å². The SMILES string of the molecule is NC(=O)NC(CC(=O)Nc1cccc(N2CCCC2=O)c1)c1cccs1. The molecule has 0 spiro atoms. The summed E-state index contributed by atoms with van der Waals surface area (Å²) in [6.07, 6.45) is 1.46. The highest BCUT2D eigenvalue weighted by atomic mass is 32.1. The van der Waals surface area contributed by atoms with E-state index in [2.05, 4.69) is 10.6 Å². The summed E-state index contributed by atoms with van der Waals surface area (Å²) < 4.78 is 0. The number of amides is 4. The van der Waals surface area contributed by atoms with Crippen LogP contribution in [0.5, 0.6) is 0 Å².